The van der Waals surface area contributed by atoms with Crippen molar-refractivity contribution in [1.29, 1.82) is 0 Å². The standard InChI is InChI=1S/C13H8Cl2N2OS/c14-9-2-1-8(11(15)5-9)6-17-7-16-12-10(13(17)18)3-4-19-12/h1-5,7H,6H2. The van der Waals surface area contributed by atoms with Crippen molar-refractivity contribution in [3.05, 3.63) is 61.9 Å². The average Bonchev–Trinajstić information content (AvgIpc) is 2.85. The van der Waals surface area contributed by atoms with E-state index < -0.39 is 0 Å². The van der Waals surface area contributed by atoms with E-state index >= 15 is 0 Å². The summed E-state index contributed by atoms with van der Waals surface area (Å²) in [4.78, 5) is 17.2. The van der Waals surface area contributed by atoms with Gasteiger partial charge in [-0.2, -0.15) is 0 Å². The van der Waals surface area contributed by atoms with Crippen LogP contribution in [0.2, 0.25) is 10.0 Å². The van der Waals surface area contributed by atoms with E-state index in [0.717, 1.165) is 10.4 Å². The Hall–Kier alpha value is -1.36. The third kappa shape index (κ3) is 2.39. The van der Waals surface area contributed by atoms with Gasteiger partial charge in [0.15, 0.2) is 0 Å². The summed E-state index contributed by atoms with van der Waals surface area (Å²) in [6, 6.07) is 7.02. The predicted molar refractivity (Wildman–Crippen MR) is 79.4 cm³/mol. The zero-order chi connectivity index (χ0) is 13.4. The van der Waals surface area contributed by atoms with E-state index in [9.17, 15) is 4.79 Å². The zero-order valence-electron chi connectivity index (χ0n) is 9.64. The molecule has 0 radical (unpaired) electrons. The molecule has 0 bridgehead atoms. The molecule has 0 aliphatic heterocycles. The number of hydrogen-bond acceptors (Lipinski definition) is 3. The van der Waals surface area contributed by atoms with Gasteiger partial charge >= 0.3 is 0 Å². The lowest BCUT2D eigenvalue weighted by molar-refractivity contribution is 0.749. The van der Waals surface area contributed by atoms with Gasteiger partial charge in [0.1, 0.15) is 4.83 Å². The topological polar surface area (TPSA) is 34.9 Å². The van der Waals surface area contributed by atoms with Gasteiger partial charge in [-0.1, -0.05) is 29.3 Å². The summed E-state index contributed by atoms with van der Waals surface area (Å²) in [6.07, 6.45) is 1.55. The second-order valence-corrected chi connectivity index (χ2v) is 5.79. The first kappa shape index (κ1) is 12.7. The van der Waals surface area contributed by atoms with Gasteiger partial charge in [-0.05, 0) is 29.1 Å². The highest BCUT2D eigenvalue weighted by atomic mass is 35.5. The Labute approximate surface area is 123 Å². The van der Waals surface area contributed by atoms with Crippen LogP contribution in [0.3, 0.4) is 0 Å². The van der Waals surface area contributed by atoms with Crippen molar-refractivity contribution < 1.29 is 0 Å². The molecule has 1 aromatic carbocycles. The van der Waals surface area contributed by atoms with Crippen LogP contribution in [0.1, 0.15) is 5.56 Å². The highest BCUT2D eigenvalue weighted by Gasteiger charge is 2.07. The normalized spacial score (nSPS) is 11.1. The fourth-order valence-electron chi connectivity index (χ4n) is 1.84. The van der Waals surface area contributed by atoms with E-state index in [1.165, 1.54) is 11.3 Å². The molecule has 0 fully saturated rings. The van der Waals surface area contributed by atoms with Crippen molar-refractivity contribution in [3.8, 4) is 0 Å². The fourth-order valence-corrected chi connectivity index (χ4v) is 3.03. The Bertz CT molecular complexity index is 810. The van der Waals surface area contributed by atoms with Crippen molar-refractivity contribution in [2.45, 2.75) is 6.54 Å². The molecule has 0 saturated carbocycles. The number of halogens is 2. The number of thiophene rings is 1. The van der Waals surface area contributed by atoms with E-state index in [4.69, 9.17) is 23.2 Å². The van der Waals surface area contributed by atoms with E-state index in [-0.39, 0.29) is 5.56 Å². The quantitative estimate of drug-likeness (QED) is 0.721. The van der Waals surface area contributed by atoms with Gasteiger partial charge in [0.25, 0.3) is 5.56 Å². The molecule has 19 heavy (non-hydrogen) atoms. The number of aromatic nitrogens is 2. The molecule has 6 heteroatoms. The van der Waals surface area contributed by atoms with Gasteiger partial charge in [-0.3, -0.25) is 9.36 Å². The molecule has 0 amide bonds. The van der Waals surface area contributed by atoms with Crippen LogP contribution in [0.4, 0.5) is 0 Å². The van der Waals surface area contributed by atoms with E-state index in [1.807, 2.05) is 11.4 Å². The first-order chi connectivity index (χ1) is 9.15. The summed E-state index contributed by atoms with van der Waals surface area (Å²) in [6.45, 7) is 0.383. The maximum absolute atomic E-state index is 12.2. The van der Waals surface area contributed by atoms with Crippen LogP contribution in [0.5, 0.6) is 0 Å². The molecular formula is C13H8Cl2N2OS. The molecule has 3 rings (SSSR count). The summed E-state index contributed by atoms with van der Waals surface area (Å²) in [5.41, 5.74) is 0.779. The summed E-state index contributed by atoms with van der Waals surface area (Å²) in [5, 5.41) is 3.62. The minimum atomic E-state index is -0.0581. The number of rotatable bonds is 2. The van der Waals surface area contributed by atoms with Crippen molar-refractivity contribution in [2.75, 3.05) is 0 Å². The number of hydrogen-bond donors (Lipinski definition) is 0. The van der Waals surface area contributed by atoms with Crippen molar-refractivity contribution >= 4 is 44.8 Å². The van der Waals surface area contributed by atoms with Crippen molar-refractivity contribution in [1.82, 2.24) is 9.55 Å². The van der Waals surface area contributed by atoms with Gasteiger partial charge in [0, 0.05) is 10.0 Å². The maximum Gasteiger partial charge on any atom is 0.262 e. The third-order valence-electron chi connectivity index (χ3n) is 2.81. The first-order valence-electron chi connectivity index (χ1n) is 5.52. The Morgan fingerprint density at radius 1 is 1.26 bits per heavy atom. The second kappa shape index (κ2) is 4.96. The summed E-state index contributed by atoms with van der Waals surface area (Å²) in [7, 11) is 0. The van der Waals surface area contributed by atoms with E-state index in [1.54, 1.807) is 29.1 Å². The molecule has 2 aromatic heterocycles. The predicted octanol–water partition coefficient (Wildman–Crippen LogP) is 3.81. The van der Waals surface area contributed by atoms with Crippen LogP contribution >= 0.6 is 34.5 Å². The van der Waals surface area contributed by atoms with Crippen LogP contribution in [0.25, 0.3) is 10.2 Å². The number of nitrogens with zero attached hydrogens (tertiary/aromatic N) is 2. The second-order valence-electron chi connectivity index (χ2n) is 4.05. The average molecular weight is 311 g/mol. The van der Waals surface area contributed by atoms with Crippen molar-refractivity contribution in [3.63, 3.8) is 0 Å². The van der Waals surface area contributed by atoms with Crippen molar-refractivity contribution in [2.24, 2.45) is 0 Å². The molecule has 0 atom stereocenters. The Kier molecular flexibility index (Phi) is 3.31. The largest absolute Gasteiger partial charge is 0.294 e. The van der Waals surface area contributed by atoms with Gasteiger partial charge in [-0.25, -0.2) is 4.98 Å². The smallest absolute Gasteiger partial charge is 0.262 e. The molecule has 2 heterocycles. The van der Waals surface area contributed by atoms with Crippen LogP contribution in [0.15, 0.2) is 40.8 Å². The van der Waals surface area contributed by atoms with Gasteiger partial charge < -0.3 is 0 Å². The molecule has 0 N–H and O–H groups in total. The van der Waals surface area contributed by atoms with Crippen LogP contribution in [0, 0.1) is 0 Å². The zero-order valence-corrected chi connectivity index (χ0v) is 12.0. The summed E-state index contributed by atoms with van der Waals surface area (Å²) in [5.74, 6) is 0. The maximum atomic E-state index is 12.2. The Morgan fingerprint density at radius 2 is 2.11 bits per heavy atom. The SMILES string of the molecule is O=c1c2ccsc2ncn1Cc1ccc(Cl)cc1Cl. The molecule has 0 saturated heterocycles. The van der Waals surface area contributed by atoms with Gasteiger partial charge in [-0.15, -0.1) is 11.3 Å². The minimum Gasteiger partial charge on any atom is -0.294 e. The van der Waals surface area contributed by atoms with E-state index in [2.05, 4.69) is 4.98 Å². The molecule has 3 aromatic rings. The molecule has 0 aliphatic carbocycles. The molecular weight excluding hydrogens is 303 g/mol. The third-order valence-corrected chi connectivity index (χ3v) is 4.21. The highest BCUT2D eigenvalue weighted by Crippen LogP contribution is 2.21. The molecule has 0 aliphatic rings. The van der Waals surface area contributed by atoms with Gasteiger partial charge in [0.2, 0.25) is 0 Å². The Morgan fingerprint density at radius 3 is 2.89 bits per heavy atom. The first-order valence-corrected chi connectivity index (χ1v) is 7.15. The molecule has 96 valence electrons. The van der Waals surface area contributed by atoms with Crippen LogP contribution in [-0.4, -0.2) is 9.55 Å². The molecule has 0 spiro atoms. The summed E-state index contributed by atoms with van der Waals surface area (Å²) >= 11 is 13.4. The number of benzene rings is 1. The monoisotopic (exact) mass is 310 g/mol. The minimum absolute atomic E-state index is 0.0581. The van der Waals surface area contributed by atoms with E-state index in [0.29, 0.717) is 22.0 Å². The lowest BCUT2D eigenvalue weighted by Gasteiger charge is -2.07. The van der Waals surface area contributed by atoms with Gasteiger partial charge in [0.05, 0.1) is 18.3 Å². The fraction of sp³-hybridized carbons (Fsp3) is 0.0769. The lowest BCUT2D eigenvalue weighted by atomic mass is 10.2. The molecule has 0 unspecified atom stereocenters. The van der Waals surface area contributed by atoms with Crippen LogP contribution < -0.4 is 5.56 Å². The Balaban J connectivity index is 2.05. The van der Waals surface area contributed by atoms with Crippen LogP contribution in [-0.2, 0) is 6.54 Å². The molecule has 3 nitrogen and oxygen atoms in total. The number of fused-ring (bicyclic) bond motifs is 1. The highest BCUT2D eigenvalue weighted by molar-refractivity contribution is 7.16. The summed E-state index contributed by atoms with van der Waals surface area (Å²) < 4.78 is 1.55. The lowest BCUT2D eigenvalue weighted by Crippen LogP contribution is -2.20.